The number of carboxylic acids is 2. The zero-order chi connectivity index (χ0) is 42.3. The molecule has 0 aliphatic carbocycles. The molecular weight excluding hydrogens is 866 g/mol. The summed E-state index contributed by atoms with van der Waals surface area (Å²) < 4.78 is 12.2. The number of unbranched alkanes of at least 4 members (excludes halogenated alkanes) is 18. The van der Waals surface area contributed by atoms with Crippen molar-refractivity contribution in [3.05, 3.63) is 71.8 Å². The van der Waals surface area contributed by atoms with Crippen LogP contribution in [0.1, 0.15) is 205 Å². The van der Waals surface area contributed by atoms with Crippen LogP contribution in [-0.4, -0.2) is 95.4 Å². The van der Waals surface area contributed by atoms with Gasteiger partial charge in [0.2, 0.25) is 0 Å². The molecule has 4 atom stereocenters. The molecule has 0 fully saturated rings. The number of ether oxygens (including phenoxy) is 2. The predicted molar refractivity (Wildman–Crippen MR) is 238 cm³/mol. The van der Waals surface area contributed by atoms with Crippen LogP contribution in [0, 0.1) is 0 Å². The Morgan fingerprint density at radius 1 is 0.475 bits per heavy atom. The van der Waals surface area contributed by atoms with E-state index in [9.17, 15) is 30.0 Å². The average Bonchev–Trinajstić information content (AvgIpc) is 3.23. The van der Waals surface area contributed by atoms with E-state index in [1.54, 1.807) is 0 Å². The SMILES string of the molecule is CCC(O)CC(CCCCCCCCCCCCC(=O)[O-])OCc1ccccc1.CCC(O)CC(CCCCCCCCCCCCC(=O)[O-])OCc1ccccc1.[Ba+2]. The molecule has 2 aromatic carbocycles. The molecule has 332 valence electrons. The topological polar surface area (TPSA) is 139 Å². The fraction of sp³-hybridized carbons (Fsp3) is 0.720. The maximum absolute atomic E-state index is 10.3. The molecule has 0 radical (unpaired) electrons. The quantitative estimate of drug-likeness (QED) is 0.0501. The number of aliphatic hydroxyl groups is 2. The smallest absolute Gasteiger partial charge is 0.550 e. The minimum atomic E-state index is -0.929. The van der Waals surface area contributed by atoms with E-state index in [2.05, 4.69) is 24.3 Å². The standard InChI is InChI=1S/2C25H42O4.Ba/c2*1-2-23(26)20-24(29-21-22-16-12-11-13-17-22)18-14-9-7-5-3-4-6-8-10-15-19-25(27)28;/h2*11-13,16-17,23-24,26H,2-10,14-15,18-21H2,1H3,(H,27,28);/q;;+2/p-2. The first-order chi connectivity index (χ1) is 28.2. The van der Waals surface area contributed by atoms with E-state index in [0.29, 0.717) is 13.2 Å². The summed E-state index contributed by atoms with van der Waals surface area (Å²) in [6.45, 7) is 5.26. The minimum Gasteiger partial charge on any atom is -0.550 e. The summed E-state index contributed by atoms with van der Waals surface area (Å²) in [5, 5.41) is 40.7. The number of aliphatic hydroxyl groups excluding tert-OH is 2. The van der Waals surface area contributed by atoms with Gasteiger partial charge in [0.05, 0.1) is 37.6 Å². The molecule has 0 aromatic heterocycles. The third-order valence-electron chi connectivity index (χ3n) is 11.0. The van der Waals surface area contributed by atoms with Gasteiger partial charge in [0, 0.05) is 11.9 Å². The number of carbonyl (C=O) groups excluding carboxylic acids is 2. The number of carboxylic acid groups (broad SMARTS) is 2. The second kappa shape index (κ2) is 42.1. The Hall–Kier alpha value is -1.21. The summed E-state index contributed by atoms with van der Waals surface area (Å²) in [4.78, 5) is 20.7. The van der Waals surface area contributed by atoms with Gasteiger partial charge in [-0.05, 0) is 75.3 Å². The molecule has 0 saturated carbocycles. The normalized spacial score (nSPS) is 13.1. The predicted octanol–water partition coefficient (Wildman–Crippen LogP) is 9.95. The second-order valence-corrected chi connectivity index (χ2v) is 16.3. The van der Waals surface area contributed by atoms with Gasteiger partial charge in [-0.2, -0.15) is 0 Å². The third-order valence-corrected chi connectivity index (χ3v) is 11.0. The van der Waals surface area contributed by atoms with Crippen LogP contribution in [0.3, 0.4) is 0 Å². The maximum atomic E-state index is 10.3. The van der Waals surface area contributed by atoms with E-state index < -0.39 is 11.9 Å². The van der Waals surface area contributed by atoms with Crippen molar-refractivity contribution in [3.63, 3.8) is 0 Å². The largest absolute Gasteiger partial charge is 2.00 e. The summed E-state index contributed by atoms with van der Waals surface area (Å²) in [5.41, 5.74) is 2.37. The summed E-state index contributed by atoms with van der Waals surface area (Å²) in [6, 6.07) is 20.5. The van der Waals surface area contributed by atoms with E-state index in [1.807, 2.05) is 50.2 Å². The van der Waals surface area contributed by atoms with E-state index >= 15 is 0 Å². The van der Waals surface area contributed by atoms with Gasteiger partial charge in [0.1, 0.15) is 0 Å². The monoisotopic (exact) mass is 949 g/mol. The molecule has 0 spiro atoms. The van der Waals surface area contributed by atoms with Crippen LogP contribution in [0.25, 0.3) is 0 Å². The van der Waals surface area contributed by atoms with Gasteiger partial charge in [0.15, 0.2) is 0 Å². The van der Waals surface area contributed by atoms with Crippen LogP contribution in [0.4, 0.5) is 0 Å². The molecule has 4 unspecified atom stereocenters. The van der Waals surface area contributed by atoms with E-state index in [-0.39, 0.29) is 86.1 Å². The number of carbonyl (C=O) groups is 2. The second-order valence-electron chi connectivity index (χ2n) is 16.3. The first-order valence-electron chi connectivity index (χ1n) is 23.3. The zero-order valence-electron chi connectivity index (χ0n) is 37.3. The first-order valence-corrected chi connectivity index (χ1v) is 23.3. The number of rotatable bonds is 38. The van der Waals surface area contributed by atoms with Gasteiger partial charge in [0.25, 0.3) is 0 Å². The van der Waals surface area contributed by atoms with Gasteiger partial charge in [-0.3, -0.25) is 0 Å². The molecule has 0 amide bonds. The molecule has 0 aliphatic heterocycles. The Bertz CT molecular complexity index is 1110. The summed E-state index contributed by atoms with van der Waals surface area (Å²) in [6.07, 6.45) is 28.2. The van der Waals surface area contributed by atoms with Gasteiger partial charge in [-0.1, -0.05) is 190 Å². The summed E-state index contributed by atoms with van der Waals surface area (Å²) >= 11 is 0. The molecule has 0 saturated heterocycles. The van der Waals surface area contributed by atoms with Crippen molar-refractivity contribution in [2.24, 2.45) is 0 Å². The van der Waals surface area contributed by atoms with Crippen molar-refractivity contribution in [1.82, 2.24) is 0 Å². The van der Waals surface area contributed by atoms with Crippen LogP contribution in [0.15, 0.2) is 60.7 Å². The molecule has 2 rings (SSSR count). The maximum Gasteiger partial charge on any atom is 2.00 e. The average molecular weight is 949 g/mol. The Morgan fingerprint density at radius 2 is 0.746 bits per heavy atom. The Balaban J connectivity index is 0.00000112. The molecule has 0 heterocycles. The Morgan fingerprint density at radius 3 is 1.02 bits per heavy atom. The van der Waals surface area contributed by atoms with E-state index in [0.717, 1.165) is 89.9 Å². The zero-order valence-corrected chi connectivity index (χ0v) is 41.8. The third kappa shape index (κ3) is 38.2. The Labute approximate surface area is 400 Å². The molecular formula is C50H82BaO8. The van der Waals surface area contributed by atoms with Gasteiger partial charge < -0.3 is 39.5 Å². The van der Waals surface area contributed by atoms with Crippen LogP contribution in [-0.2, 0) is 32.3 Å². The number of hydrogen-bond acceptors (Lipinski definition) is 8. The molecule has 2 aromatic rings. The van der Waals surface area contributed by atoms with Crippen LogP contribution >= 0.6 is 0 Å². The van der Waals surface area contributed by atoms with Crippen molar-refractivity contribution >= 4 is 60.8 Å². The van der Waals surface area contributed by atoms with Crippen molar-refractivity contribution in [3.8, 4) is 0 Å². The number of aliphatic carboxylic acids is 2. The molecule has 9 heteroatoms. The van der Waals surface area contributed by atoms with Crippen molar-refractivity contribution in [1.29, 1.82) is 0 Å². The number of hydrogen-bond donors (Lipinski definition) is 2. The minimum absolute atomic E-state index is 0. The molecule has 0 aliphatic rings. The Kier molecular flexibility index (Phi) is 41.2. The van der Waals surface area contributed by atoms with Crippen LogP contribution < -0.4 is 10.2 Å². The van der Waals surface area contributed by atoms with E-state index in [1.165, 1.54) is 88.2 Å². The van der Waals surface area contributed by atoms with Crippen LogP contribution in [0.5, 0.6) is 0 Å². The fourth-order valence-corrected chi connectivity index (χ4v) is 7.17. The molecule has 8 nitrogen and oxygen atoms in total. The molecule has 2 N–H and O–H groups in total. The van der Waals surface area contributed by atoms with Crippen molar-refractivity contribution in [2.45, 2.75) is 231 Å². The van der Waals surface area contributed by atoms with E-state index in [4.69, 9.17) is 9.47 Å². The van der Waals surface area contributed by atoms with Crippen molar-refractivity contribution < 1.29 is 39.5 Å². The summed E-state index contributed by atoms with van der Waals surface area (Å²) in [7, 11) is 0. The van der Waals surface area contributed by atoms with Gasteiger partial charge in [-0.15, -0.1) is 0 Å². The fourth-order valence-electron chi connectivity index (χ4n) is 7.17. The first kappa shape index (κ1) is 57.8. The van der Waals surface area contributed by atoms with Gasteiger partial charge in [-0.25, -0.2) is 0 Å². The van der Waals surface area contributed by atoms with Gasteiger partial charge >= 0.3 is 48.9 Å². The summed E-state index contributed by atoms with van der Waals surface area (Å²) in [5.74, 6) is -1.86. The van der Waals surface area contributed by atoms with Crippen LogP contribution in [0.2, 0.25) is 0 Å². The molecule has 0 bridgehead atoms. The number of benzene rings is 2. The van der Waals surface area contributed by atoms with Crippen molar-refractivity contribution in [2.75, 3.05) is 0 Å². The molecule has 59 heavy (non-hydrogen) atoms.